The second-order valence-electron chi connectivity index (χ2n) is 5.48. The van der Waals surface area contributed by atoms with E-state index in [1.165, 1.54) is 0 Å². The van der Waals surface area contributed by atoms with Gasteiger partial charge in [0, 0.05) is 45.4 Å². The number of piperidine rings is 1. The molecule has 2 aliphatic rings. The molecule has 17 heavy (non-hydrogen) atoms. The predicted octanol–water partition coefficient (Wildman–Crippen LogP) is 0.886. The first-order chi connectivity index (χ1) is 8.28. The van der Waals surface area contributed by atoms with Gasteiger partial charge in [-0.1, -0.05) is 0 Å². The number of likely N-dealkylation sites (tertiary alicyclic amines) is 1. The lowest BCUT2D eigenvalue weighted by atomic mass is 9.80. The lowest BCUT2D eigenvalue weighted by Gasteiger charge is -2.41. The van der Waals surface area contributed by atoms with Crippen LogP contribution in [0.4, 0.5) is 0 Å². The standard InChI is InChI=1S/C13H25NO3/c1-16-12-2-6-14(7-3-12)10-13(11-15)4-8-17-9-5-13/h12,15H,2-11H2,1H3. The van der Waals surface area contributed by atoms with Crippen molar-refractivity contribution < 1.29 is 14.6 Å². The number of ether oxygens (including phenoxy) is 2. The van der Waals surface area contributed by atoms with Crippen LogP contribution in [0.15, 0.2) is 0 Å². The molecule has 2 saturated heterocycles. The van der Waals surface area contributed by atoms with Crippen LogP contribution in [-0.2, 0) is 9.47 Å². The van der Waals surface area contributed by atoms with E-state index in [0.717, 1.165) is 58.5 Å². The SMILES string of the molecule is COC1CCN(CC2(CO)CCOCC2)CC1. The molecule has 0 radical (unpaired) electrons. The summed E-state index contributed by atoms with van der Waals surface area (Å²) in [7, 11) is 1.80. The lowest BCUT2D eigenvalue weighted by molar-refractivity contribution is -0.0451. The fraction of sp³-hybridized carbons (Fsp3) is 1.00. The summed E-state index contributed by atoms with van der Waals surface area (Å²) in [6.45, 7) is 5.11. The number of methoxy groups -OCH3 is 1. The summed E-state index contributed by atoms with van der Waals surface area (Å²) < 4.78 is 10.8. The van der Waals surface area contributed by atoms with Gasteiger partial charge in [0.15, 0.2) is 0 Å². The van der Waals surface area contributed by atoms with Crippen molar-refractivity contribution in [2.24, 2.45) is 5.41 Å². The molecule has 2 heterocycles. The molecule has 100 valence electrons. The summed E-state index contributed by atoms with van der Waals surface area (Å²) >= 11 is 0. The molecule has 0 saturated carbocycles. The van der Waals surface area contributed by atoms with E-state index >= 15 is 0 Å². The molecular weight excluding hydrogens is 218 g/mol. The molecule has 4 nitrogen and oxygen atoms in total. The van der Waals surface area contributed by atoms with E-state index in [1.807, 2.05) is 0 Å². The zero-order valence-corrected chi connectivity index (χ0v) is 10.9. The number of aliphatic hydroxyl groups is 1. The second-order valence-corrected chi connectivity index (χ2v) is 5.48. The summed E-state index contributed by atoms with van der Waals surface area (Å²) in [6.07, 6.45) is 4.66. The number of hydrogen-bond donors (Lipinski definition) is 1. The zero-order chi connectivity index (χ0) is 12.1. The Morgan fingerprint density at radius 2 is 1.94 bits per heavy atom. The van der Waals surface area contributed by atoms with Crippen molar-refractivity contribution in [2.45, 2.75) is 31.8 Å². The average molecular weight is 243 g/mol. The molecule has 0 amide bonds. The Morgan fingerprint density at radius 3 is 2.47 bits per heavy atom. The normalized spacial score (nSPS) is 27.2. The second kappa shape index (κ2) is 6.14. The van der Waals surface area contributed by atoms with Crippen LogP contribution >= 0.6 is 0 Å². The third-order valence-electron chi connectivity index (χ3n) is 4.32. The first kappa shape index (κ1) is 13.3. The summed E-state index contributed by atoms with van der Waals surface area (Å²) in [5, 5.41) is 9.66. The van der Waals surface area contributed by atoms with E-state index in [9.17, 15) is 5.11 Å². The molecule has 0 spiro atoms. The van der Waals surface area contributed by atoms with Crippen molar-refractivity contribution in [2.75, 3.05) is 46.6 Å². The van der Waals surface area contributed by atoms with Gasteiger partial charge in [0.2, 0.25) is 0 Å². The minimum absolute atomic E-state index is 0.0815. The Labute approximate surface area is 104 Å². The van der Waals surface area contributed by atoms with Gasteiger partial charge in [0.05, 0.1) is 12.7 Å². The number of rotatable bonds is 4. The molecule has 2 aliphatic heterocycles. The van der Waals surface area contributed by atoms with Crippen molar-refractivity contribution in [3.8, 4) is 0 Å². The zero-order valence-electron chi connectivity index (χ0n) is 10.9. The van der Waals surface area contributed by atoms with Gasteiger partial charge in [-0.3, -0.25) is 0 Å². The molecule has 2 rings (SSSR count). The van der Waals surface area contributed by atoms with Crippen molar-refractivity contribution in [3.63, 3.8) is 0 Å². The Balaban J connectivity index is 1.82. The van der Waals surface area contributed by atoms with E-state index in [4.69, 9.17) is 9.47 Å². The van der Waals surface area contributed by atoms with Crippen LogP contribution in [-0.4, -0.2) is 62.7 Å². The van der Waals surface area contributed by atoms with Crippen LogP contribution in [0.2, 0.25) is 0 Å². The largest absolute Gasteiger partial charge is 0.396 e. The highest BCUT2D eigenvalue weighted by Gasteiger charge is 2.34. The van der Waals surface area contributed by atoms with E-state index in [-0.39, 0.29) is 5.41 Å². The molecular formula is C13H25NO3. The lowest BCUT2D eigenvalue weighted by Crippen LogP contribution is -2.47. The molecule has 0 aromatic rings. The van der Waals surface area contributed by atoms with Crippen molar-refractivity contribution in [3.05, 3.63) is 0 Å². The average Bonchev–Trinajstić information content (AvgIpc) is 2.41. The minimum atomic E-state index is 0.0815. The number of aliphatic hydroxyl groups excluding tert-OH is 1. The molecule has 0 bridgehead atoms. The molecule has 0 aliphatic carbocycles. The van der Waals surface area contributed by atoms with Crippen LogP contribution < -0.4 is 0 Å². The number of nitrogens with zero attached hydrogens (tertiary/aromatic N) is 1. The van der Waals surface area contributed by atoms with Crippen LogP contribution in [0, 0.1) is 5.41 Å². The van der Waals surface area contributed by atoms with Gasteiger partial charge >= 0.3 is 0 Å². The first-order valence-electron chi connectivity index (χ1n) is 6.72. The molecule has 0 atom stereocenters. The summed E-state index contributed by atoms with van der Waals surface area (Å²) in [5.41, 5.74) is 0.0815. The van der Waals surface area contributed by atoms with Gasteiger partial charge in [0.25, 0.3) is 0 Å². The van der Waals surface area contributed by atoms with Crippen molar-refractivity contribution in [1.29, 1.82) is 0 Å². The van der Waals surface area contributed by atoms with Gasteiger partial charge in [-0.2, -0.15) is 0 Å². The summed E-state index contributed by atoms with van der Waals surface area (Å²) in [5.74, 6) is 0. The topological polar surface area (TPSA) is 41.9 Å². The maximum Gasteiger partial charge on any atom is 0.0595 e. The van der Waals surface area contributed by atoms with Gasteiger partial charge in [0.1, 0.15) is 0 Å². The molecule has 0 aromatic carbocycles. The minimum Gasteiger partial charge on any atom is -0.396 e. The Morgan fingerprint density at radius 1 is 1.29 bits per heavy atom. The highest BCUT2D eigenvalue weighted by atomic mass is 16.5. The third kappa shape index (κ3) is 3.41. The molecule has 4 heteroatoms. The van der Waals surface area contributed by atoms with Gasteiger partial charge in [-0.05, 0) is 25.7 Å². The van der Waals surface area contributed by atoms with E-state index in [0.29, 0.717) is 12.7 Å². The van der Waals surface area contributed by atoms with Gasteiger partial charge in [-0.15, -0.1) is 0 Å². The maximum absolute atomic E-state index is 9.66. The van der Waals surface area contributed by atoms with Crippen LogP contribution in [0.1, 0.15) is 25.7 Å². The quantitative estimate of drug-likeness (QED) is 0.796. The van der Waals surface area contributed by atoms with Crippen LogP contribution in [0.3, 0.4) is 0 Å². The first-order valence-corrected chi connectivity index (χ1v) is 6.72. The van der Waals surface area contributed by atoms with Crippen LogP contribution in [0.25, 0.3) is 0 Å². The fourth-order valence-electron chi connectivity index (χ4n) is 2.95. The van der Waals surface area contributed by atoms with Gasteiger partial charge < -0.3 is 19.5 Å². The maximum atomic E-state index is 9.66. The summed E-state index contributed by atoms with van der Waals surface area (Å²) in [4.78, 5) is 2.48. The molecule has 2 fully saturated rings. The Hall–Kier alpha value is -0.160. The molecule has 0 unspecified atom stereocenters. The smallest absolute Gasteiger partial charge is 0.0595 e. The van der Waals surface area contributed by atoms with Crippen molar-refractivity contribution in [1.82, 2.24) is 4.90 Å². The predicted molar refractivity (Wildman–Crippen MR) is 66.0 cm³/mol. The molecule has 0 aromatic heterocycles. The van der Waals surface area contributed by atoms with Crippen LogP contribution in [0.5, 0.6) is 0 Å². The Kier molecular flexibility index (Phi) is 4.79. The molecule has 1 N–H and O–H groups in total. The van der Waals surface area contributed by atoms with E-state index in [1.54, 1.807) is 7.11 Å². The highest BCUT2D eigenvalue weighted by molar-refractivity contribution is 4.86. The van der Waals surface area contributed by atoms with Gasteiger partial charge in [-0.25, -0.2) is 0 Å². The van der Waals surface area contributed by atoms with E-state index in [2.05, 4.69) is 4.90 Å². The highest BCUT2D eigenvalue weighted by Crippen LogP contribution is 2.31. The Bertz CT molecular complexity index is 221. The van der Waals surface area contributed by atoms with Crippen molar-refractivity contribution >= 4 is 0 Å². The monoisotopic (exact) mass is 243 g/mol. The van der Waals surface area contributed by atoms with E-state index < -0.39 is 0 Å². The fourth-order valence-corrected chi connectivity index (χ4v) is 2.95. The third-order valence-corrected chi connectivity index (χ3v) is 4.32. The number of hydrogen-bond acceptors (Lipinski definition) is 4. The summed E-state index contributed by atoms with van der Waals surface area (Å²) in [6, 6.07) is 0.